The molecule has 1 atom stereocenters. The van der Waals surface area contributed by atoms with Crippen LogP contribution in [0.2, 0.25) is 0 Å². The van der Waals surface area contributed by atoms with Gasteiger partial charge in [0.1, 0.15) is 5.60 Å². The van der Waals surface area contributed by atoms with Crippen molar-refractivity contribution in [1.82, 2.24) is 0 Å². The van der Waals surface area contributed by atoms with Crippen LogP contribution in [0.1, 0.15) is 47.8 Å². The molecule has 1 unspecified atom stereocenters. The molecule has 4 nitrogen and oxygen atoms in total. The van der Waals surface area contributed by atoms with Crippen molar-refractivity contribution in [3.05, 3.63) is 39.8 Å². The Labute approximate surface area is 111 Å². The van der Waals surface area contributed by atoms with Crippen LogP contribution in [-0.4, -0.2) is 11.6 Å². The highest BCUT2D eigenvalue weighted by Gasteiger charge is 2.20. The predicted octanol–water partition coefficient (Wildman–Crippen LogP) is 3.95. The Morgan fingerprint density at radius 3 is 2.44 bits per heavy atom. The molecule has 0 radical (unpaired) electrons. The van der Waals surface area contributed by atoms with E-state index in [1.807, 2.05) is 0 Å². The lowest BCUT2D eigenvalue weighted by atomic mass is 10.0. The minimum atomic E-state index is -0.934. The van der Waals surface area contributed by atoms with Crippen molar-refractivity contribution in [2.75, 3.05) is 0 Å². The van der Waals surface area contributed by atoms with E-state index in [2.05, 4.69) is 5.18 Å². The molecule has 5 heteroatoms. The second-order valence-corrected chi connectivity index (χ2v) is 5.43. The molecule has 0 spiro atoms. The predicted molar refractivity (Wildman–Crippen MR) is 70.7 cm³/mol. The lowest BCUT2D eigenvalue weighted by molar-refractivity contribution is 0.00688. The summed E-state index contributed by atoms with van der Waals surface area (Å²) >= 11 is 5.71. The second kappa shape index (κ2) is 5.48. The first-order valence-corrected chi connectivity index (χ1v) is 5.98. The number of hydrogen-bond acceptors (Lipinski definition) is 4. The molecule has 0 aliphatic carbocycles. The van der Waals surface area contributed by atoms with Crippen LogP contribution < -0.4 is 0 Å². The molecule has 0 amide bonds. The van der Waals surface area contributed by atoms with E-state index in [1.54, 1.807) is 45.9 Å². The van der Waals surface area contributed by atoms with Crippen molar-refractivity contribution in [2.24, 2.45) is 5.18 Å². The van der Waals surface area contributed by atoms with Gasteiger partial charge in [-0.2, -0.15) is 0 Å². The molecule has 0 aromatic heterocycles. The van der Waals surface area contributed by atoms with Crippen molar-refractivity contribution in [3.63, 3.8) is 0 Å². The van der Waals surface area contributed by atoms with Gasteiger partial charge in [-0.05, 0) is 50.1 Å². The van der Waals surface area contributed by atoms with Gasteiger partial charge in [0.2, 0.25) is 0 Å². The third-order valence-corrected chi connectivity index (χ3v) is 2.57. The third kappa shape index (κ3) is 3.81. The van der Waals surface area contributed by atoms with Gasteiger partial charge in [-0.15, -0.1) is 4.91 Å². The van der Waals surface area contributed by atoms with Crippen LogP contribution in [0.25, 0.3) is 0 Å². The van der Waals surface area contributed by atoms with Crippen LogP contribution in [0.4, 0.5) is 0 Å². The lowest BCUT2D eigenvalue weighted by Crippen LogP contribution is -2.24. The standard InChI is InChI=1S/C13H16ClNO3/c1-8-7-9(11(14)15-17)5-6-10(8)12(16)18-13(2,3)4/h5-7,11H,1-4H3. The van der Waals surface area contributed by atoms with E-state index in [0.29, 0.717) is 16.7 Å². The number of benzene rings is 1. The van der Waals surface area contributed by atoms with Crippen LogP contribution in [0.3, 0.4) is 0 Å². The van der Waals surface area contributed by atoms with E-state index in [9.17, 15) is 9.70 Å². The molecule has 0 saturated heterocycles. The third-order valence-electron chi connectivity index (χ3n) is 2.24. The van der Waals surface area contributed by atoms with Gasteiger partial charge in [-0.1, -0.05) is 23.7 Å². The largest absolute Gasteiger partial charge is 0.456 e. The number of aryl methyl sites for hydroxylation is 1. The van der Waals surface area contributed by atoms with Crippen LogP contribution in [0.15, 0.2) is 23.4 Å². The average Bonchev–Trinajstić information content (AvgIpc) is 2.25. The number of carbonyl (C=O) groups excluding carboxylic acids is 1. The summed E-state index contributed by atoms with van der Waals surface area (Å²) in [6.07, 6.45) is 0. The van der Waals surface area contributed by atoms with Crippen molar-refractivity contribution >= 4 is 17.6 Å². The van der Waals surface area contributed by atoms with Crippen molar-refractivity contribution in [2.45, 2.75) is 38.8 Å². The molecule has 1 rings (SSSR count). The summed E-state index contributed by atoms with van der Waals surface area (Å²) in [6.45, 7) is 7.18. The van der Waals surface area contributed by atoms with Crippen molar-refractivity contribution < 1.29 is 9.53 Å². The SMILES string of the molecule is Cc1cc(C(Cl)N=O)ccc1C(=O)OC(C)(C)C. The van der Waals surface area contributed by atoms with Crippen LogP contribution >= 0.6 is 11.6 Å². The number of rotatable bonds is 3. The van der Waals surface area contributed by atoms with Gasteiger partial charge >= 0.3 is 5.97 Å². The number of hydrogen-bond donors (Lipinski definition) is 0. The summed E-state index contributed by atoms with van der Waals surface area (Å²) in [7, 11) is 0. The van der Waals surface area contributed by atoms with Gasteiger partial charge in [-0.3, -0.25) is 0 Å². The van der Waals surface area contributed by atoms with E-state index in [0.717, 1.165) is 0 Å². The zero-order chi connectivity index (χ0) is 13.9. The Bertz CT molecular complexity index is 466. The molecule has 0 aliphatic heterocycles. The smallest absolute Gasteiger partial charge is 0.338 e. The Kier molecular flexibility index (Phi) is 4.46. The summed E-state index contributed by atoms with van der Waals surface area (Å²) in [5, 5.41) is 2.73. The maximum atomic E-state index is 11.9. The zero-order valence-corrected chi connectivity index (χ0v) is 11.6. The average molecular weight is 270 g/mol. The molecule has 0 aliphatic rings. The molecule has 18 heavy (non-hydrogen) atoms. The topological polar surface area (TPSA) is 55.7 Å². The van der Waals surface area contributed by atoms with E-state index in [4.69, 9.17) is 16.3 Å². The Morgan fingerprint density at radius 2 is 2.00 bits per heavy atom. The molecular weight excluding hydrogens is 254 g/mol. The number of carbonyl (C=O) groups is 1. The van der Waals surface area contributed by atoms with Gasteiger partial charge in [0.25, 0.3) is 0 Å². The van der Waals surface area contributed by atoms with E-state index >= 15 is 0 Å². The summed E-state index contributed by atoms with van der Waals surface area (Å²) in [5.41, 5.74) is 0.258. The molecular formula is C13H16ClNO3. The van der Waals surface area contributed by atoms with E-state index in [-0.39, 0.29) is 0 Å². The minimum Gasteiger partial charge on any atom is -0.456 e. The Balaban J connectivity index is 2.99. The molecule has 0 bridgehead atoms. The van der Waals surface area contributed by atoms with Crippen molar-refractivity contribution in [1.29, 1.82) is 0 Å². The molecule has 0 heterocycles. The molecule has 0 fully saturated rings. The summed E-state index contributed by atoms with van der Waals surface area (Å²) < 4.78 is 5.27. The highest BCUT2D eigenvalue weighted by molar-refractivity contribution is 6.20. The highest BCUT2D eigenvalue weighted by Crippen LogP contribution is 2.24. The van der Waals surface area contributed by atoms with E-state index in [1.165, 1.54) is 0 Å². The van der Waals surface area contributed by atoms with E-state index < -0.39 is 17.1 Å². The number of nitrogens with zero attached hydrogens (tertiary/aromatic N) is 1. The molecule has 0 N–H and O–H groups in total. The quantitative estimate of drug-likeness (QED) is 0.361. The maximum Gasteiger partial charge on any atom is 0.338 e. The first kappa shape index (κ1) is 14.6. The minimum absolute atomic E-state index is 0.392. The number of alkyl halides is 1. The van der Waals surface area contributed by atoms with Gasteiger partial charge < -0.3 is 4.74 Å². The maximum absolute atomic E-state index is 11.9. The number of ether oxygens (including phenoxy) is 1. The zero-order valence-electron chi connectivity index (χ0n) is 10.9. The monoisotopic (exact) mass is 269 g/mol. The normalized spacial score (nSPS) is 12.9. The fourth-order valence-corrected chi connectivity index (χ4v) is 1.59. The molecule has 1 aromatic carbocycles. The number of esters is 1. The summed E-state index contributed by atoms with van der Waals surface area (Å²) in [4.78, 5) is 22.2. The molecule has 98 valence electrons. The van der Waals surface area contributed by atoms with Crippen molar-refractivity contribution in [3.8, 4) is 0 Å². The molecule has 0 saturated carbocycles. The van der Waals surface area contributed by atoms with Gasteiger partial charge in [0, 0.05) is 0 Å². The number of nitroso groups, excluding NO2 is 1. The van der Waals surface area contributed by atoms with Crippen LogP contribution in [0, 0.1) is 11.8 Å². The summed E-state index contributed by atoms with van der Waals surface area (Å²) in [6, 6.07) is 4.86. The Morgan fingerprint density at radius 1 is 1.39 bits per heavy atom. The van der Waals surface area contributed by atoms with Crippen LogP contribution in [0.5, 0.6) is 0 Å². The highest BCUT2D eigenvalue weighted by atomic mass is 35.5. The number of halogens is 1. The second-order valence-electron chi connectivity index (χ2n) is 5.02. The van der Waals surface area contributed by atoms with Gasteiger partial charge in [0.05, 0.1) is 5.56 Å². The molecule has 1 aromatic rings. The first-order chi connectivity index (χ1) is 8.24. The fraction of sp³-hybridized carbons (Fsp3) is 0.462. The Hall–Kier alpha value is -1.42. The van der Waals surface area contributed by atoms with Gasteiger partial charge in [0.15, 0.2) is 5.50 Å². The van der Waals surface area contributed by atoms with Gasteiger partial charge in [-0.25, -0.2) is 4.79 Å². The summed E-state index contributed by atoms with van der Waals surface area (Å²) in [5.74, 6) is -0.392. The van der Waals surface area contributed by atoms with Crippen LogP contribution in [-0.2, 0) is 4.74 Å². The lowest BCUT2D eigenvalue weighted by Gasteiger charge is -2.20. The first-order valence-electron chi connectivity index (χ1n) is 5.55. The fourth-order valence-electron chi connectivity index (χ4n) is 1.46.